The third-order valence-electron chi connectivity index (χ3n) is 3.56. The first kappa shape index (κ1) is 18.9. The fourth-order valence-corrected chi connectivity index (χ4v) is 2.29. The van der Waals surface area contributed by atoms with E-state index in [-0.39, 0.29) is 6.61 Å². The predicted molar refractivity (Wildman–Crippen MR) is 99.8 cm³/mol. The molecule has 1 aliphatic rings. The number of carbonyl (C=O) groups excluding carboxylic acids is 2. The molecule has 0 atom stereocenters. The standard InChI is InChI=1S/C18H21N5O3/c1-5-26-16(24)8-12(3)23-13(4)10-20-22-18(23)21-15-9-14(17(19)25)7-6-11(15)2/h6-10H,4-5H2,1-3H3,(H2,19,25)(H,21,22)/b12-8+. The minimum atomic E-state index is -0.541. The summed E-state index contributed by atoms with van der Waals surface area (Å²) in [5, 5.41) is 3.99. The first-order valence-electron chi connectivity index (χ1n) is 7.95. The van der Waals surface area contributed by atoms with E-state index in [4.69, 9.17) is 10.5 Å². The predicted octanol–water partition coefficient (Wildman–Crippen LogP) is 1.95. The van der Waals surface area contributed by atoms with Crippen LogP contribution in [0.15, 0.2) is 52.3 Å². The number of carbonyl (C=O) groups is 2. The molecule has 136 valence electrons. The van der Waals surface area contributed by atoms with E-state index in [9.17, 15) is 9.59 Å². The fourth-order valence-electron chi connectivity index (χ4n) is 2.29. The van der Waals surface area contributed by atoms with Crippen LogP contribution < -0.4 is 11.2 Å². The number of allylic oxidation sites excluding steroid dienone is 2. The van der Waals surface area contributed by atoms with Gasteiger partial charge in [0.1, 0.15) is 0 Å². The van der Waals surface area contributed by atoms with Crippen molar-refractivity contribution in [1.29, 1.82) is 0 Å². The Balaban J connectivity index is 2.45. The minimum Gasteiger partial charge on any atom is -0.463 e. The maximum Gasteiger partial charge on any atom is 0.332 e. The Morgan fingerprint density at radius 1 is 1.46 bits per heavy atom. The van der Waals surface area contributed by atoms with Crippen LogP contribution in [0.3, 0.4) is 0 Å². The van der Waals surface area contributed by atoms with Crippen molar-refractivity contribution in [2.24, 2.45) is 15.8 Å². The quantitative estimate of drug-likeness (QED) is 0.620. The molecular formula is C18H21N5O3. The summed E-state index contributed by atoms with van der Waals surface area (Å²) in [6.07, 6.45) is 2.85. The maximum atomic E-state index is 11.7. The average molecular weight is 355 g/mol. The molecule has 0 saturated heterocycles. The molecule has 3 N–H and O–H groups in total. The highest BCUT2D eigenvalue weighted by atomic mass is 16.5. The van der Waals surface area contributed by atoms with Gasteiger partial charge in [-0.25, -0.2) is 15.2 Å². The van der Waals surface area contributed by atoms with Gasteiger partial charge in [0.2, 0.25) is 11.9 Å². The number of nitrogens with one attached hydrogen (secondary N) is 1. The topological polar surface area (TPSA) is 109 Å². The van der Waals surface area contributed by atoms with Crippen molar-refractivity contribution < 1.29 is 14.3 Å². The highest BCUT2D eigenvalue weighted by molar-refractivity contribution is 5.97. The summed E-state index contributed by atoms with van der Waals surface area (Å²) in [7, 11) is 0. The third kappa shape index (κ3) is 4.35. The van der Waals surface area contributed by atoms with E-state index in [2.05, 4.69) is 22.1 Å². The molecule has 2 rings (SSSR count). The minimum absolute atomic E-state index is 0.281. The van der Waals surface area contributed by atoms with Gasteiger partial charge in [-0.1, -0.05) is 12.6 Å². The van der Waals surface area contributed by atoms with E-state index in [1.54, 1.807) is 36.9 Å². The third-order valence-corrected chi connectivity index (χ3v) is 3.56. The number of ether oxygens (including phenoxy) is 1. The molecule has 0 aromatic heterocycles. The van der Waals surface area contributed by atoms with Crippen molar-refractivity contribution in [3.8, 4) is 0 Å². The van der Waals surface area contributed by atoms with Crippen LogP contribution in [-0.4, -0.2) is 35.6 Å². The molecule has 0 saturated carbocycles. The lowest BCUT2D eigenvalue weighted by Gasteiger charge is -2.28. The summed E-state index contributed by atoms with van der Waals surface area (Å²) in [4.78, 5) is 29.3. The molecule has 8 nitrogen and oxygen atoms in total. The second-order valence-corrected chi connectivity index (χ2v) is 5.54. The van der Waals surface area contributed by atoms with Crippen LogP contribution >= 0.6 is 0 Å². The van der Waals surface area contributed by atoms with Crippen LogP contribution in [0.5, 0.6) is 0 Å². The van der Waals surface area contributed by atoms with Gasteiger partial charge in [-0.3, -0.25) is 9.69 Å². The van der Waals surface area contributed by atoms with E-state index in [1.165, 1.54) is 12.3 Å². The van der Waals surface area contributed by atoms with Gasteiger partial charge in [-0.2, -0.15) is 5.10 Å². The maximum absolute atomic E-state index is 11.7. The lowest BCUT2D eigenvalue weighted by Crippen LogP contribution is -2.41. The van der Waals surface area contributed by atoms with Crippen LogP contribution in [0.2, 0.25) is 0 Å². The molecule has 1 aromatic carbocycles. The summed E-state index contributed by atoms with van der Waals surface area (Å²) in [5.41, 5.74) is 10.9. The van der Waals surface area contributed by atoms with Crippen molar-refractivity contribution in [3.05, 3.63) is 53.4 Å². The Labute approximate surface area is 151 Å². The largest absolute Gasteiger partial charge is 0.463 e. The summed E-state index contributed by atoms with van der Waals surface area (Å²) < 4.78 is 4.94. The molecule has 0 fully saturated rings. The van der Waals surface area contributed by atoms with E-state index in [1.807, 2.05) is 6.92 Å². The number of aryl methyl sites for hydroxylation is 1. The second kappa shape index (κ2) is 8.11. The fraction of sp³-hybridized carbons (Fsp3) is 0.222. The van der Waals surface area contributed by atoms with E-state index in [0.29, 0.717) is 28.6 Å². The summed E-state index contributed by atoms with van der Waals surface area (Å²) >= 11 is 0. The zero-order valence-corrected chi connectivity index (χ0v) is 14.9. The number of rotatable bonds is 5. The van der Waals surface area contributed by atoms with Gasteiger partial charge < -0.3 is 10.5 Å². The number of hydrogen-bond donors (Lipinski definition) is 2. The number of esters is 1. The number of hydrazone groups is 1. The SMILES string of the molecule is C=C1C=NNC(=Nc2cc(C(N)=O)ccc2C)N1/C(C)=C/C(=O)OCC. The van der Waals surface area contributed by atoms with Gasteiger partial charge in [-0.05, 0) is 38.5 Å². The number of aliphatic imine (C=N–C) groups is 1. The van der Waals surface area contributed by atoms with E-state index < -0.39 is 11.9 Å². The Morgan fingerprint density at radius 3 is 2.85 bits per heavy atom. The lowest BCUT2D eigenvalue weighted by molar-refractivity contribution is -0.137. The monoisotopic (exact) mass is 355 g/mol. The summed E-state index contributed by atoms with van der Waals surface area (Å²) in [6.45, 7) is 9.52. The highest BCUT2D eigenvalue weighted by Crippen LogP contribution is 2.23. The van der Waals surface area contributed by atoms with Crippen molar-refractivity contribution >= 4 is 29.7 Å². The van der Waals surface area contributed by atoms with Gasteiger partial charge in [-0.15, -0.1) is 0 Å². The summed E-state index contributed by atoms with van der Waals surface area (Å²) in [5.74, 6) is -0.674. The van der Waals surface area contributed by atoms with Crippen LogP contribution in [0.4, 0.5) is 5.69 Å². The number of amides is 1. The number of nitrogens with zero attached hydrogens (tertiary/aromatic N) is 3. The normalized spacial score (nSPS) is 15.8. The van der Waals surface area contributed by atoms with Gasteiger partial charge >= 0.3 is 5.97 Å². The Morgan fingerprint density at radius 2 is 2.19 bits per heavy atom. The molecule has 8 heteroatoms. The lowest BCUT2D eigenvalue weighted by atomic mass is 10.1. The van der Waals surface area contributed by atoms with Gasteiger partial charge in [0, 0.05) is 17.3 Å². The molecule has 0 spiro atoms. The average Bonchev–Trinajstić information content (AvgIpc) is 2.56. The van der Waals surface area contributed by atoms with Gasteiger partial charge in [0.25, 0.3) is 0 Å². The van der Waals surface area contributed by atoms with Crippen LogP contribution in [-0.2, 0) is 9.53 Å². The van der Waals surface area contributed by atoms with Gasteiger partial charge in [0.05, 0.1) is 24.2 Å². The van der Waals surface area contributed by atoms with E-state index in [0.717, 1.165) is 5.56 Å². The first-order valence-corrected chi connectivity index (χ1v) is 7.95. The van der Waals surface area contributed by atoms with Crippen molar-refractivity contribution in [1.82, 2.24) is 10.3 Å². The molecule has 1 heterocycles. The van der Waals surface area contributed by atoms with Crippen LogP contribution in [0, 0.1) is 6.92 Å². The van der Waals surface area contributed by atoms with Crippen molar-refractivity contribution in [2.75, 3.05) is 6.61 Å². The van der Waals surface area contributed by atoms with Gasteiger partial charge in [0.15, 0.2) is 0 Å². The molecule has 1 amide bonds. The van der Waals surface area contributed by atoms with Crippen LogP contribution in [0.1, 0.15) is 29.8 Å². The molecule has 0 aliphatic carbocycles. The number of nitrogens with two attached hydrogens (primary N) is 1. The molecular weight excluding hydrogens is 334 g/mol. The number of benzene rings is 1. The Bertz CT molecular complexity index is 839. The first-order chi connectivity index (χ1) is 12.3. The Kier molecular flexibility index (Phi) is 5.90. The Hall–Kier alpha value is -3.42. The molecule has 0 bridgehead atoms. The molecule has 0 unspecified atom stereocenters. The smallest absolute Gasteiger partial charge is 0.332 e. The highest BCUT2D eigenvalue weighted by Gasteiger charge is 2.20. The second-order valence-electron chi connectivity index (χ2n) is 5.54. The van der Waals surface area contributed by atoms with Crippen molar-refractivity contribution in [3.63, 3.8) is 0 Å². The molecule has 0 radical (unpaired) electrons. The van der Waals surface area contributed by atoms with Crippen LogP contribution in [0.25, 0.3) is 0 Å². The molecule has 26 heavy (non-hydrogen) atoms. The number of primary amides is 1. The zero-order valence-electron chi connectivity index (χ0n) is 14.9. The van der Waals surface area contributed by atoms with E-state index >= 15 is 0 Å². The number of hydrogen-bond acceptors (Lipinski definition) is 5. The molecule has 1 aliphatic heterocycles. The zero-order chi connectivity index (χ0) is 19.3. The number of guanidine groups is 1. The summed E-state index contributed by atoms with van der Waals surface area (Å²) in [6, 6.07) is 4.98. The van der Waals surface area contributed by atoms with Crippen molar-refractivity contribution in [2.45, 2.75) is 20.8 Å². The molecule has 1 aromatic rings.